The number of carbonyl (C=O) groups is 1. The first kappa shape index (κ1) is 13.9. The Morgan fingerprint density at radius 2 is 1.84 bits per heavy atom. The molecule has 0 spiro atoms. The van der Waals surface area contributed by atoms with E-state index in [0.29, 0.717) is 25.9 Å². The summed E-state index contributed by atoms with van der Waals surface area (Å²) in [6.07, 6.45) is -1.62. The van der Waals surface area contributed by atoms with Gasteiger partial charge in [-0.1, -0.05) is 30.3 Å². The Morgan fingerprint density at radius 3 is 2.32 bits per heavy atom. The molecule has 3 nitrogen and oxygen atoms in total. The van der Waals surface area contributed by atoms with E-state index < -0.39 is 17.8 Å². The number of halogens is 2. The van der Waals surface area contributed by atoms with E-state index in [9.17, 15) is 18.7 Å². The molecule has 1 aromatic carbocycles. The lowest BCUT2D eigenvalue weighted by Gasteiger charge is -2.39. The van der Waals surface area contributed by atoms with Gasteiger partial charge in [-0.05, 0) is 31.5 Å². The molecule has 0 radical (unpaired) electrons. The predicted octanol–water partition coefficient (Wildman–Crippen LogP) is 2.37. The number of carboxylic acids is 1. The van der Waals surface area contributed by atoms with Gasteiger partial charge in [0, 0.05) is 0 Å². The lowest BCUT2D eigenvalue weighted by Crippen LogP contribution is -2.48. The van der Waals surface area contributed by atoms with Crippen molar-refractivity contribution in [3.8, 4) is 0 Å². The summed E-state index contributed by atoms with van der Waals surface area (Å²) in [4.78, 5) is 13.3. The van der Waals surface area contributed by atoms with Gasteiger partial charge < -0.3 is 5.11 Å². The highest BCUT2D eigenvalue weighted by Crippen LogP contribution is 2.35. The summed E-state index contributed by atoms with van der Waals surface area (Å²) in [6, 6.07) is 9.07. The number of hydrogen-bond donors (Lipinski definition) is 1. The first-order chi connectivity index (χ1) is 9.04. The second kappa shape index (κ2) is 5.65. The lowest BCUT2D eigenvalue weighted by molar-refractivity contribution is -0.146. The van der Waals surface area contributed by atoms with Crippen molar-refractivity contribution in [2.24, 2.45) is 0 Å². The van der Waals surface area contributed by atoms with Crippen LogP contribution < -0.4 is 0 Å². The quantitative estimate of drug-likeness (QED) is 0.912. The third kappa shape index (κ3) is 2.92. The van der Waals surface area contributed by atoms with E-state index in [1.807, 2.05) is 18.2 Å². The van der Waals surface area contributed by atoms with Gasteiger partial charge in [0.25, 0.3) is 6.43 Å². The molecule has 1 saturated heterocycles. The van der Waals surface area contributed by atoms with Crippen molar-refractivity contribution in [3.05, 3.63) is 35.9 Å². The minimum absolute atomic E-state index is 0.273. The highest BCUT2D eigenvalue weighted by Gasteiger charge is 2.43. The van der Waals surface area contributed by atoms with E-state index in [1.54, 1.807) is 17.0 Å². The van der Waals surface area contributed by atoms with Crippen LogP contribution in [0.15, 0.2) is 30.3 Å². The molecule has 0 bridgehead atoms. The number of benzene rings is 1. The summed E-state index contributed by atoms with van der Waals surface area (Å²) in [6.45, 7) is 0.515. The van der Waals surface area contributed by atoms with Crippen LogP contribution in [0, 0.1) is 0 Å². The summed E-state index contributed by atoms with van der Waals surface area (Å²) in [5, 5.41) is 9.54. The molecule has 0 amide bonds. The summed E-state index contributed by atoms with van der Waals surface area (Å²) < 4.78 is 24.7. The van der Waals surface area contributed by atoms with Crippen LogP contribution in [-0.2, 0) is 10.2 Å². The molecule has 104 valence electrons. The Bertz CT molecular complexity index is 428. The lowest BCUT2D eigenvalue weighted by atomic mass is 9.73. The normalized spacial score (nSPS) is 19.5. The van der Waals surface area contributed by atoms with Crippen LogP contribution in [0.3, 0.4) is 0 Å². The van der Waals surface area contributed by atoms with Gasteiger partial charge in [-0.15, -0.1) is 0 Å². The summed E-state index contributed by atoms with van der Waals surface area (Å²) in [5.41, 5.74) is -0.168. The van der Waals surface area contributed by atoms with Crippen LogP contribution in [0.5, 0.6) is 0 Å². The summed E-state index contributed by atoms with van der Waals surface area (Å²) in [5.74, 6) is -0.865. The highest BCUT2D eigenvalue weighted by atomic mass is 19.3. The van der Waals surface area contributed by atoms with Crippen molar-refractivity contribution < 1.29 is 18.7 Å². The van der Waals surface area contributed by atoms with Crippen molar-refractivity contribution in [1.82, 2.24) is 4.90 Å². The SMILES string of the molecule is O=C(O)C1(c2ccccc2)CCN(CC(F)F)CC1. The van der Waals surface area contributed by atoms with Gasteiger partial charge in [0.1, 0.15) is 0 Å². The topological polar surface area (TPSA) is 40.5 Å². The second-order valence-electron chi connectivity index (χ2n) is 4.94. The van der Waals surface area contributed by atoms with Crippen molar-refractivity contribution in [2.75, 3.05) is 19.6 Å². The number of carboxylic acid groups (broad SMARTS) is 1. The molecule has 1 aromatic rings. The number of aliphatic carboxylic acids is 1. The fourth-order valence-corrected chi connectivity index (χ4v) is 2.70. The number of nitrogens with zero attached hydrogens (tertiary/aromatic N) is 1. The number of rotatable bonds is 4. The third-order valence-electron chi connectivity index (χ3n) is 3.84. The zero-order valence-corrected chi connectivity index (χ0v) is 10.6. The Kier molecular flexibility index (Phi) is 4.14. The molecule has 0 aromatic heterocycles. The van der Waals surface area contributed by atoms with Crippen LogP contribution >= 0.6 is 0 Å². The van der Waals surface area contributed by atoms with Crippen molar-refractivity contribution in [2.45, 2.75) is 24.7 Å². The largest absolute Gasteiger partial charge is 0.481 e. The fourth-order valence-electron chi connectivity index (χ4n) is 2.70. The molecule has 1 N–H and O–H groups in total. The van der Waals surface area contributed by atoms with Crippen molar-refractivity contribution in [3.63, 3.8) is 0 Å². The predicted molar refractivity (Wildman–Crippen MR) is 67.4 cm³/mol. The molecule has 1 aliphatic heterocycles. The first-order valence-corrected chi connectivity index (χ1v) is 6.34. The van der Waals surface area contributed by atoms with E-state index in [2.05, 4.69) is 0 Å². The minimum Gasteiger partial charge on any atom is -0.481 e. The summed E-state index contributed by atoms with van der Waals surface area (Å²) in [7, 11) is 0. The molecule has 2 rings (SSSR count). The first-order valence-electron chi connectivity index (χ1n) is 6.34. The maximum Gasteiger partial charge on any atom is 0.314 e. The molecule has 1 aliphatic rings. The fraction of sp³-hybridized carbons (Fsp3) is 0.500. The van der Waals surface area contributed by atoms with E-state index in [-0.39, 0.29) is 6.54 Å². The van der Waals surface area contributed by atoms with Crippen LogP contribution in [0.4, 0.5) is 8.78 Å². The van der Waals surface area contributed by atoms with Crippen LogP contribution in [0.2, 0.25) is 0 Å². The Hall–Kier alpha value is -1.49. The maximum atomic E-state index is 12.3. The van der Waals surface area contributed by atoms with Crippen molar-refractivity contribution >= 4 is 5.97 Å². The molecular weight excluding hydrogens is 252 g/mol. The molecule has 0 unspecified atom stereocenters. The van der Waals surface area contributed by atoms with E-state index in [4.69, 9.17) is 0 Å². The van der Waals surface area contributed by atoms with Gasteiger partial charge in [-0.3, -0.25) is 9.69 Å². The molecule has 0 atom stereocenters. The Morgan fingerprint density at radius 1 is 1.26 bits per heavy atom. The van der Waals surface area contributed by atoms with Gasteiger partial charge in [0.15, 0.2) is 0 Å². The standard InChI is InChI=1S/C14H17F2NO2/c15-12(16)10-17-8-6-14(7-9-17,13(18)19)11-4-2-1-3-5-11/h1-5,12H,6-10H2,(H,18,19). The van der Waals surface area contributed by atoms with Gasteiger partial charge >= 0.3 is 5.97 Å². The average Bonchev–Trinajstić information content (AvgIpc) is 2.40. The third-order valence-corrected chi connectivity index (χ3v) is 3.84. The molecule has 19 heavy (non-hydrogen) atoms. The monoisotopic (exact) mass is 269 g/mol. The van der Waals surface area contributed by atoms with E-state index in [0.717, 1.165) is 5.56 Å². The van der Waals surface area contributed by atoms with Crippen LogP contribution in [0.25, 0.3) is 0 Å². The molecule has 1 fully saturated rings. The molecule has 5 heteroatoms. The molecule has 1 heterocycles. The number of hydrogen-bond acceptors (Lipinski definition) is 2. The van der Waals surface area contributed by atoms with E-state index >= 15 is 0 Å². The average molecular weight is 269 g/mol. The van der Waals surface area contributed by atoms with Crippen LogP contribution in [-0.4, -0.2) is 42.0 Å². The number of piperidine rings is 1. The summed E-state index contributed by atoms with van der Waals surface area (Å²) >= 11 is 0. The maximum absolute atomic E-state index is 12.3. The van der Waals surface area contributed by atoms with Gasteiger partial charge in [0.05, 0.1) is 12.0 Å². The molecule has 0 aliphatic carbocycles. The number of likely N-dealkylation sites (tertiary alicyclic amines) is 1. The zero-order chi connectivity index (χ0) is 13.9. The molecule has 0 saturated carbocycles. The number of alkyl halides is 2. The Labute approximate surface area is 110 Å². The highest BCUT2D eigenvalue weighted by molar-refractivity contribution is 5.81. The van der Waals surface area contributed by atoms with Crippen molar-refractivity contribution in [1.29, 1.82) is 0 Å². The van der Waals surface area contributed by atoms with Gasteiger partial charge in [-0.25, -0.2) is 8.78 Å². The Balaban J connectivity index is 2.15. The zero-order valence-electron chi connectivity index (χ0n) is 10.6. The molecular formula is C14H17F2NO2. The smallest absolute Gasteiger partial charge is 0.314 e. The van der Waals surface area contributed by atoms with E-state index in [1.165, 1.54) is 0 Å². The van der Waals surface area contributed by atoms with Crippen LogP contribution in [0.1, 0.15) is 18.4 Å². The van der Waals surface area contributed by atoms with Gasteiger partial charge in [0.2, 0.25) is 0 Å². The van der Waals surface area contributed by atoms with Gasteiger partial charge in [-0.2, -0.15) is 0 Å². The minimum atomic E-state index is -2.37. The second-order valence-corrected chi connectivity index (χ2v) is 4.94.